The molecule has 4 heteroatoms. The van der Waals surface area contributed by atoms with Gasteiger partial charge in [-0.25, -0.2) is 0 Å². The number of rotatable bonds is 3. The van der Waals surface area contributed by atoms with Crippen LogP contribution in [0.3, 0.4) is 0 Å². The Morgan fingerprint density at radius 1 is 1.50 bits per heavy atom. The van der Waals surface area contributed by atoms with Gasteiger partial charge in [0.05, 0.1) is 13.7 Å². The van der Waals surface area contributed by atoms with Crippen LogP contribution in [0.15, 0.2) is 24.3 Å². The highest BCUT2D eigenvalue weighted by atomic mass is 32.2. The van der Waals surface area contributed by atoms with Gasteiger partial charge in [0, 0.05) is 18.5 Å². The van der Waals surface area contributed by atoms with Gasteiger partial charge in [0.15, 0.2) is 4.75 Å². The zero-order valence-electron chi connectivity index (χ0n) is 11.3. The Labute approximate surface area is 112 Å². The quantitative estimate of drug-likeness (QED) is 0.786. The van der Waals surface area contributed by atoms with Crippen LogP contribution < -0.4 is 4.74 Å². The summed E-state index contributed by atoms with van der Waals surface area (Å²) in [5, 5.41) is 0. The Morgan fingerprint density at radius 2 is 2.28 bits per heavy atom. The van der Waals surface area contributed by atoms with Gasteiger partial charge in [-0.3, -0.25) is 4.90 Å². The van der Waals surface area contributed by atoms with Crippen molar-refractivity contribution in [1.82, 2.24) is 4.90 Å². The minimum Gasteiger partial charge on any atom is -0.616 e. The molecule has 2 rings (SSSR count). The third-order valence-corrected chi connectivity index (χ3v) is 5.86. The Kier molecular flexibility index (Phi) is 4.20. The predicted molar refractivity (Wildman–Crippen MR) is 75.5 cm³/mol. The van der Waals surface area contributed by atoms with E-state index in [1.807, 2.05) is 18.2 Å². The van der Waals surface area contributed by atoms with Crippen LogP contribution in [0.2, 0.25) is 0 Å². The predicted octanol–water partition coefficient (Wildman–Crippen LogP) is 1.99. The van der Waals surface area contributed by atoms with Gasteiger partial charge in [-0.1, -0.05) is 19.1 Å². The van der Waals surface area contributed by atoms with Crippen molar-refractivity contribution in [3.05, 3.63) is 29.8 Å². The van der Waals surface area contributed by atoms with Crippen LogP contribution >= 0.6 is 0 Å². The molecule has 0 aromatic heterocycles. The maximum atomic E-state index is 12.5. The van der Waals surface area contributed by atoms with Crippen LogP contribution in [0.4, 0.5) is 0 Å². The van der Waals surface area contributed by atoms with Crippen molar-refractivity contribution in [1.29, 1.82) is 0 Å². The molecule has 2 atom stereocenters. The number of hydrogen-bond acceptors (Lipinski definition) is 3. The standard InChI is InChI=1S/C14H21NO2S/c1-4-14(11-15(2)8-9-18(14)16)12-6-5-7-13(10-12)17-3/h5-7,10H,4,8-9,11H2,1-3H3/t14-,18?/m1/s1. The first-order chi connectivity index (χ1) is 8.62. The Balaban J connectivity index is 2.40. The summed E-state index contributed by atoms with van der Waals surface area (Å²) in [5.41, 5.74) is 1.13. The number of benzene rings is 1. The van der Waals surface area contributed by atoms with Crippen molar-refractivity contribution >= 4 is 11.2 Å². The number of nitrogens with zero attached hydrogens (tertiary/aromatic N) is 1. The van der Waals surface area contributed by atoms with Crippen molar-refractivity contribution in [2.24, 2.45) is 0 Å². The van der Waals surface area contributed by atoms with Gasteiger partial charge in [0.1, 0.15) is 11.5 Å². The first-order valence-corrected chi connectivity index (χ1v) is 7.66. The van der Waals surface area contributed by atoms with Crippen LogP contribution in [0.5, 0.6) is 5.75 Å². The fourth-order valence-electron chi connectivity index (χ4n) is 2.63. The van der Waals surface area contributed by atoms with Crippen molar-refractivity contribution in [2.45, 2.75) is 18.1 Å². The summed E-state index contributed by atoms with van der Waals surface area (Å²) in [6.07, 6.45) is 0.886. The second-order valence-corrected chi connectivity index (χ2v) is 6.75. The third kappa shape index (κ3) is 2.37. The minimum atomic E-state index is -0.816. The molecular weight excluding hydrogens is 246 g/mol. The summed E-state index contributed by atoms with van der Waals surface area (Å²) in [7, 11) is 3.77. The van der Waals surface area contributed by atoms with Gasteiger partial charge in [-0.15, -0.1) is 0 Å². The van der Waals surface area contributed by atoms with Gasteiger partial charge in [0.2, 0.25) is 0 Å². The lowest BCUT2D eigenvalue weighted by molar-refractivity contribution is 0.277. The van der Waals surface area contributed by atoms with E-state index >= 15 is 0 Å². The molecule has 1 heterocycles. The largest absolute Gasteiger partial charge is 0.616 e. The number of likely N-dealkylation sites (N-methyl/N-ethyl adjacent to an activating group) is 1. The second-order valence-electron chi connectivity index (χ2n) is 4.87. The molecule has 1 fully saturated rings. The molecule has 18 heavy (non-hydrogen) atoms. The number of hydrogen-bond donors (Lipinski definition) is 0. The monoisotopic (exact) mass is 267 g/mol. The highest BCUT2D eigenvalue weighted by Crippen LogP contribution is 2.39. The molecule has 1 unspecified atom stereocenters. The molecule has 0 N–H and O–H groups in total. The van der Waals surface area contributed by atoms with E-state index in [4.69, 9.17) is 4.74 Å². The molecule has 0 bridgehead atoms. The molecule has 0 aliphatic carbocycles. The lowest BCUT2D eigenvalue weighted by atomic mass is 9.94. The van der Waals surface area contributed by atoms with Gasteiger partial charge >= 0.3 is 0 Å². The van der Waals surface area contributed by atoms with Crippen molar-refractivity contribution in [2.75, 3.05) is 33.0 Å². The van der Waals surface area contributed by atoms with E-state index in [0.717, 1.165) is 36.6 Å². The highest BCUT2D eigenvalue weighted by molar-refractivity contribution is 7.92. The lowest BCUT2D eigenvalue weighted by Gasteiger charge is -2.42. The van der Waals surface area contributed by atoms with E-state index in [1.54, 1.807) is 7.11 Å². The summed E-state index contributed by atoms with van der Waals surface area (Å²) >= 11 is -0.816. The smallest absolute Gasteiger partial charge is 0.162 e. The molecular formula is C14H21NO2S. The van der Waals surface area contributed by atoms with E-state index in [9.17, 15) is 4.55 Å². The average molecular weight is 267 g/mol. The van der Waals surface area contributed by atoms with Crippen LogP contribution in [-0.4, -0.2) is 42.5 Å². The minimum absolute atomic E-state index is 0.248. The first-order valence-electron chi connectivity index (χ1n) is 6.34. The maximum Gasteiger partial charge on any atom is 0.162 e. The molecule has 1 aromatic carbocycles. The van der Waals surface area contributed by atoms with Crippen LogP contribution in [0.25, 0.3) is 0 Å². The maximum absolute atomic E-state index is 12.5. The second kappa shape index (κ2) is 5.51. The van der Waals surface area contributed by atoms with E-state index in [-0.39, 0.29) is 4.75 Å². The van der Waals surface area contributed by atoms with Crippen molar-refractivity contribution in [3.63, 3.8) is 0 Å². The topological polar surface area (TPSA) is 35.5 Å². The highest BCUT2D eigenvalue weighted by Gasteiger charge is 2.46. The van der Waals surface area contributed by atoms with Gasteiger partial charge in [-0.2, -0.15) is 0 Å². The number of methoxy groups -OCH3 is 1. The SMILES string of the molecule is CC[C@]1(c2cccc(OC)c2)CN(C)CC[S+]1[O-]. The molecule has 0 radical (unpaired) electrons. The molecule has 0 saturated carbocycles. The zero-order chi connectivity index (χ0) is 13.2. The summed E-state index contributed by atoms with van der Waals surface area (Å²) < 4.78 is 17.6. The fourth-order valence-corrected chi connectivity index (χ4v) is 4.57. The summed E-state index contributed by atoms with van der Waals surface area (Å²) in [6.45, 7) is 3.89. The molecule has 0 spiro atoms. The first kappa shape index (κ1) is 13.7. The van der Waals surface area contributed by atoms with Crippen LogP contribution in [0.1, 0.15) is 18.9 Å². The normalized spacial score (nSPS) is 29.2. The molecule has 1 aromatic rings. The molecule has 1 aliphatic rings. The molecule has 1 aliphatic heterocycles. The summed E-state index contributed by atoms with van der Waals surface area (Å²) in [4.78, 5) is 2.27. The summed E-state index contributed by atoms with van der Waals surface area (Å²) in [6, 6.07) is 8.02. The average Bonchev–Trinajstić information content (AvgIpc) is 2.41. The summed E-state index contributed by atoms with van der Waals surface area (Å²) in [5.74, 6) is 1.59. The lowest BCUT2D eigenvalue weighted by Crippen LogP contribution is -2.52. The Hall–Kier alpha value is -0.710. The van der Waals surface area contributed by atoms with Crippen LogP contribution in [-0.2, 0) is 15.9 Å². The molecule has 1 saturated heterocycles. The van der Waals surface area contributed by atoms with Gasteiger partial charge in [0.25, 0.3) is 0 Å². The molecule has 100 valence electrons. The van der Waals surface area contributed by atoms with E-state index in [2.05, 4.69) is 24.9 Å². The van der Waals surface area contributed by atoms with Gasteiger partial charge in [-0.05, 0) is 30.4 Å². The van der Waals surface area contributed by atoms with Crippen molar-refractivity contribution < 1.29 is 9.29 Å². The third-order valence-electron chi connectivity index (χ3n) is 3.79. The van der Waals surface area contributed by atoms with E-state index in [1.165, 1.54) is 0 Å². The number of ether oxygens (including phenoxy) is 1. The van der Waals surface area contributed by atoms with E-state index < -0.39 is 11.2 Å². The Bertz CT molecular complexity index is 413. The molecule has 3 nitrogen and oxygen atoms in total. The molecule has 0 amide bonds. The van der Waals surface area contributed by atoms with Crippen molar-refractivity contribution in [3.8, 4) is 5.75 Å². The van der Waals surface area contributed by atoms with Crippen LogP contribution in [0, 0.1) is 0 Å². The fraction of sp³-hybridized carbons (Fsp3) is 0.571. The Morgan fingerprint density at radius 3 is 2.94 bits per heavy atom. The van der Waals surface area contributed by atoms with Gasteiger partial charge < -0.3 is 9.29 Å². The van der Waals surface area contributed by atoms with E-state index in [0.29, 0.717) is 0 Å². The zero-order valence-corrected chi connectivity index (χ0v) is 12.1.